The van der Waals surface area contributed by atoms with E-state index in [1.54, 1.807) is 0 Å². The van der Waals surface area contributed by atoms with Gasteiger partial charge in [0.1, 0.15) is 5.82 Å². The molecule has 2 aromatic rings. The van der Waals surface area contributed by atoms with Gasteiger partial charge in [0.15, 0.2) is 0 Å². The highest BCUT2D eigenvalue weighted by Crippen LogP contribution is 2.25. The first kappa shape index (κ1) is 12.1. The summed E-state index contributed by atoms with van der Waals surface area (Å²) in [6.07, 6.45) is 1.05. The summed E-state index contributed by atoms with van der Waals surface area (Å²) in [5.41, 5.74) is 9.35. The Morgan fingerprint density at radius 1 is 1.35 bits per heavy atom. The van der Waals surface area contributed by atoms with Gasteiger partial charge in [0.05, 0.1) is 11.0 Å². The quantitative estimate of drug-likeness (QED) is 0.881. The second-order valence-electron chi connectivity index (χ2n) is 5.26. The van der Waals surface area contributed by atoms with Crippen molar-refractivity contribution in [1.29, 1.82) is 0 Å². The fourth-order valence-corrected chi connectivity index (χ4v) is 2.15. The molecule has 0 radical (unpaired) electrons. The molecule has 1 heterocycles. The molecule has 0 amide bonds. The van der Waals surface area contributed by atoms with Gasteiger partial charge in [0, 0.05) is 19.0 Å². The number of imidazole rings is 1. The van der Waals surface area contributed by atoms with Crippen molar-refractivity contribution in [2.24, 2.45) is 12.8 Å². The zero-order chi connectivity index (χ0) is 12.6. The second-order valence-corrected chi connectivity index (χ2v) is 5.26. The molecule has 0 unspecified atom stereocenters. The Kier molecular flexibility index (Phi) is 2.96. The lowest BCUT2D eigenvalue weighted by Crippen LogP contribution is -2.31. The third-order valence-corrected chi connectivity index (χ3v) is 3.47. The van der Waals surface area contributed by atoms with Crippen molar-refractivity contribution in [2.45, 2.75) is 32.6 Å². The Balaban J connectivity index is 2.65. The number of aromatic nitrogens is 2. The van der Waals surface area contributed by atoms with Crippen LogP contribution in [0.4, 0.5) is 0 Å². The summed E-state index contributed by atoms with van der Waals surface area (Å²) in [4.78, 5) is 4.71. The van der Waals surface area contributed by atoms with Gasteiger partial charge in [0.25, 0.3) is 0 Å². The number of fused-ring (bicyclic) bond motifs is 1. The van der Waals surface area contributed by atoms with E-state index in [4.69, 9.17) is 10.7 Å². The van der Waals surface area contributed by atoms with E-state index in [1.807, 2.05) is 0 Å². The summed E-state index contributed by atoms with van der Waals surface area (Å²) in [5.74, 6) is 1.06. The highest BCUT2D eigenvalue weighted by molar-refractivity contribution is 5.77. The van der Waals surface area contributed by atoms with Crippen LogP contribution >= 0.6 is 0 Å². The maximum Gasteiger partial charge on any atom is 0.116 e. The minimum absolute atomic E-state index is 0.0832. The summed E-state index contributed by atoms with van der Waals surface area (Å²) in [6.45, 7) is 7.04. The van der Waals surface area contributed by atoms with E-state index in [9.17, 15) is 0 Å². The standard InChI is InChI=1S/C14H21N3/c1-5-10-6-7-11-12(8-10)17(4)13(16-11)14(2,3)9-15/h6-8H,5,9,15H2,1-4H3. The van der Waals surface area contributed by atoms with Crippen LogP contribution < -0.4 is 5.73 Å². The third-order valence-electron chi connectivity index (χ3n) is 3.47. The molecule has 1 aromatic carbocycles. The van der Waals surface area contributed by atoms with E-state index in [-0.39, 0.29) is 5.41 Å². The normalized spacial score (nSPS) is 12.3. The Morgan fingerprint density at radius 2 is 2.06 bits per heavy atom. The molecule has 0 bridgehead atoms. The van der Waals surface area contributed by atoms with Gasteiger partial charge in [-0.3, -0.25) is 0 Å². The van der Waals surface area contributed by atoms with E-state index < -0.39 is 0 Å². The van der Waals surface area contributed by atoms with Crippen molar-refractivity contribution in [3.63, 3.8) is 0 Å². The zero-order valence-electron chi connectivity index (χ0n) is 11.1. The smallest absolute Gasteiger partial charge is 0.116 e. The van der Waals surface area contributed by atoms with Gasteiger partial charge >= 0.3 is 0 Å². The maximum atomic E-state index is 5.83. The van der Waals surface area contributed by atoms with E-state index in [0.29, 0.717) is 6.54 Å². The van der Waals surface area contributed by atoms with Gasteiger partial charge in [-0.15, -0.1) is 0 Å². The summed E-state index contributed by atoms with van der Waals surface area (Å²) in [6, 6.07) is 6.47. The minimum atomic E-state index is -0.0832. The van der Waals surface area contributed by atoms with E-state index in [2.05, 4.69) is 50.6 Å². The van der Waals surface area contributed by atoms with Crippen molar-refractivity contribution in [3.05, 3.63) is 29.6 Å². The number of benzene rings is 1. The van der Waals surface area contributed by atoms with Gasteiger partial charge in [-0.05, 0) is 24.1 Å². The maximum absolute atomic E-state index is 5.83. The molecule has 1 aromatic heterocycles. The molecular weight excluding hydrogens is 210 g/mol. The molecule has 0 atom stereocenters. The molecule has 0 aliphatic heterocycles. The molecule has 3 heteroatoms. The number of hydrogen-bond donors (Lipinski definition) is 1. The van der Waals surface area contributed by atoms with Crippen LogP contribution in [0.15, 0.2) is 18.2 Å². The molecule has 92 valence electrons. The SMILES string of the molecule is CCc1ccc2nc(C(C)(C)CN)n(C)c2c1. The molecule has 2 rings (SSSR count). The first-order valence-corrected chi connectivity index (χ1v) is 6.15. The number of rotatable bonds is 3. The number of nitrogens with two attached hydrogens (primary N) is 1. The fourth-order valence-electron chi connectivity index (χ4n) is 2.15. The Hall–Kier alpha value is -1.35. The van der Waals surface area contributed by atoms with E-state index >= 15 is 0 Å². The molecule has 0 spiro atoms. The Morgan fingerprint density at radius 3 is 2.65 bits per heavy atom. The van der Waals surface area contributed by atoms with Crippen LogP contribution in [0.1, 0.15) is 32.2 Å². The molecule has 17 heavy (non-hydrogen) atoms. The lowest BCUT2D eigenvalue weighted by atomic mass is 9.93. The van der Waals surface area contributed by atoms with Crippen LogP contribution in [-0.2, 0) is 18.9 Å². The molecule has 2 N–H and O–H groups in total. The van der Waals surface area contributed by atoms with E-state index in [0.717, 1.165) is 17.8 Å². The topological polar surface area (TPSA) is 43.8 Å². The molecule has 0 aliphatic rings. The summed E-state index contributed by atoms with van der Waals surface area (Å²) in [5, 5.41) is 0. The predicted octanol–water partition coefficient (Wildman–Crippen LogP) is 2.37. The van der Waals surface area contributed by atoms with Gasteiger partial charge < -0.3 is 10.3 Å². The number of nitrogens with zero attached hydrogens (tertiary/aromatic N) is 2. The Labute approximate surface area is 103 Å². The highest BCUT2D eigenvalue weighted by atomic mass is 15.1. The van der Waals surface area contributed by atoms with Crippen molar-refractivity contribution >= 4 is 11.0 Å². The van der Waals surface area contributed by atoms with Crippen molar-refractivity contribution in [3.8, 4) is 0 Å². The fraction of sp³-hybridized carbons (Fsp3) is 0.500. The average molecular weight is 231 g/mol. The van der Waals surface area contributed by atoms with Gasteiger partial charge in [-0.25, -0.2) is 4.98 Å². The van der Waals surface area contributed by atoms with Crippen LogP contribution in [0.2, 0.25) is 0 Å². The average Bonchev–Trinajstić information content (AvgIpc) is 2.67. The van der Waals surface area contributed by atoms with Crippen LogP contribution in [0.3, 0.4) is 0 Å². The molecule has 0 aliphatic carbocycles. The van der Waals surface area contributed by atoms with Crippen LogP contribution in [0, 0.1) is 0 Å². The number of hydrogen-bond acceptors (Lipinski definition) is 2. The van der Waals surface area contributed by atoms with Gasteiger partial charge in [-0.2, -0.15) is 0 Å². The lowest BCUT2D eigenvalue weighted by Gasteiger charge is -2.21. The number of aryl methyl sites for hydroxylation is 2. The van der Waals surface area contributed by atoms with Gasteiger partial charge in [-0.1, -0.05) is 26.8 Å². The van der Waals surface area contributed by atoms with Crippen LogP contribution in [0.5, 0.6) is 0 Å². The lowest BCUT2D eigenvalue weighted by molar-refractivity contribution is 0.487. The van der Waals surface area contributed by atoms with Crippen molar-refractivity contribution in [1.82, 2.24) is 9.55 Å². The first-order valence-electron chi connectivity index (χ1n) is 6.15. The van der Waals surface area contributed by atoms with Crippen LogP contribution in [-0.4, -0.2) is 16.1 Å². The largest absolute Gasteiger partial charge is 0.331 e. The second kappa shape index (κ2) is 4.15. The monoisotopic (exact) mass is 231 g/mol. The molecule has 0 saturated heterocycles. The van der Waals surface area contributed by atoms with Crippen molar-refractivity contribution in [2.75, 3.05) is 6.54 Å². The van der Waals surface area contributed by atoms with Crippen molar-refractivity contribution < 1.29 is 0 Å². The van der Waals surface area contributed by atoms with Crippen LogP contribution in [0.25, 0.3) is 11.0 Å². The molecule has 0 saturated carbocycles. The zero-order valence-corrected chi connectivity index (χ0v) is 11.1. The first-order chi connectivity index (χ1) is 7.99. The highest BCUT2D eigenvalue weighted by Gasteiger charge is 2.24. The summed E-state index contributed by atoms with van der Waals surface area (Å²) in [7, 11) is 2.07. The van der Waals surface area contributed by atoms with E-state index in [1.165, 1.54) is 11.1 Å². The summed E-state index contributed by atoms with van der Waals surface area (Å²) < 4.78 is 2.17. The minimum Gasteiger partial charge on any atom is -0.331 e. The molecule has 3 nitrogen and oxygen atoms in total. The third kappa shape index (κ3) is 1.95. The Bertz CT molecular complexity index is 538. The predicted molar refractivity (Wildman–Crippen MR) is 72.2 cm³/mol. The summed E-state index contributed by atoms with van der Waals surface area (Å²) >= 11 is 0. The molecule has 0 fully saturated rings. The molecular formula is C14H21N3. The van der Waals surface area contributed by atoms with Gasteiger partial charge in [0.2, 0.25) is 0 Å².